The van der Waals surface area contributed by atoms with Crippen LogP contribution in [0.5, 0.6) is 5.75 Å². The predicted octanol–water partition coefficient (Wildman–Crippen LogP) is 5.01. The highest BCUT2D eigenvalue weighted by atomic mass is 35.5. The van der Waals surface area contributed by atoms with E-state index in [1.807, 2.05) is 45.9 Å². The van der Waals surface area contributed by atoms with E-state index in [-0.39, 0.29) is 31.0 Å². The first-order valence-electron chi connectivity index (χ1n) is 9.94. The average molecular weight is 451 g/mol. The maximum atomic E-state index is 13.1. The Morgan fingerprint density at radius 2 is 1.83 bits per heavy atom. The molecular formula is C23H28Cl2N2O3. The van der Waals surface area contributed by atoms with Crippen molar-refractivity contribution in [3.05, 3.63) is 63.6 Å². The lowest BCUT2D eigenvalue weighted by atomic mass is 10.1. The number of carbonyl (C=O) groups is 2. The summed E-state index contributed by atoms with van der Waals surface area (Å²) in [4.78, 5) is 27.4. The standard InChI is InChI=1S/C23H28Cl2N2O3/c1-5-21(23(29)26-15(2)3)27(13-17-9-10-19(24)20(25)12-17)22(28)14-30-18-8-6-7-16(4)11-18/h6-12,15,21H,5,13-14H2,1-4H3,(H,26,29)/t21-/m0/s1. The second-order valence-corrected chi connectivity index (χ2v) is 8.28. The van der Waals surface area contributed by atoms with Crippen molar-refractivity contribution in [1.29, 1.82) is 0 Å². The number of ether oxygens (including phenoxy) is 1. The molecule has 0 aliphatic rings. The highest BCUT2D eigenvalue weighted by molar-refractivity contribution is 6.42. The SMILES string of the molecule is CC[C@@H](C(=O)NC(C)C)N(Cc1ccc(Cl)c(Cl)c1)C(=O)COc1cccc(C)c1. The third-order valence-corrected chi connectivity index (χ3v) is 5.24. The monoisotopic (exact) mass is 450 g/mol. The first-order valence-corrected chi connectivity index (χ1v) is 10.7. The second kappa shape index (κ2) is 11.2. The molecule has 0 aromatic heterocycles. The van der Waals surface area contributed by atoms with Gasteiger partial charge < -0.3 is 15.0 Å². The Kier molecular flexibility index (Phi) is 9.00. The lowest BCUT2D eigenvalue weighted by Crippen LogP contribution is -2.51. The molecule has 0 saturated heterocycles. The maximum absolute atomic E-state index is 13.1. The molecule has 30 heavy (non-hydrogen) atoms. The minimum absolute atomic E-state index is 0.0305. The highest BCUT2D eigenvalue weighted by Crippen LogP contribution is 2.24. The summed E-state index contributed by atoms with van der Waals surface area (Å²) in [7, 11) is 0. The molecule has 0 radical (unpaired) electrons. The van der Waals surface area contributed by atoms with Crippen LogP contribution in [0.15, 0.2) is 42.5 Å². The van der Waals surface area contributed by atoms with Gasteiger partial charge in [-0.3, -0.25) is 9.59 Å². The fourth-order valence-corrected chi connectivity index (χ4v) is 3.39. The molecule has 1 atom stereocenters. The second-order valence-electron chi connectivity index (χ2n) is 7.46. The van der Waals surface area contributed by atoms with Crippen LogP contribution >= 0.6 is 23.2 Å². The average Bonchev–Trinajstić information content (AvgIpc) is 2.68. The molecule has 7 heteroatoms. The van der Waals surface area contributed by atoms with E-state index in [4.69, 9.17) is 27.9 Å². The minimum atomic E-state index is -0.629. The molecule has 2 rings (SSSR count). The van der Waals surface area contributed by atoms with E-state index in [2.05, 4.69) is 5.32 Å². The predicted molar refractivity (Wildman–Crippen MR) is 121 cm³/mol. The third-order valence-electron chi connectivity index (χ3n) is 4.51. The molecular weight excluding hydrogens is 423 g/mol. The smallest absolute Gasteiger partial charge is 0.261 e. The van der Waals surface area contributed by atoms with Crippen LogP contribution in [0.2, 0.25) is 10.0 Å². The van der Waals surface area contributed by atoms with Crippen LogP contribution in [0.25, 0.3) is 0 Å². The molecule has 0 saturated carbocycles. The van der Waals surface area contributed by atoms with Crippen LogP contribution in [-0.4, -0.2) is 35.4 Å². The summed E-state index contributed by atoms with van der Waals surface area (Å²) in [6.45, 7) is 7.65. The molecule has 0 aliphatic carbocycles. The van der Waals surface area contributed by atoms with Gasteiger partial charge in [-0.1, -0.05) is 48.3 Å². The number of benzene rings is 2. The zero-order valence-corrected chi connectivity index (χ0v) is 19.3. The van der Waals surface area contributed by atoms with Gasteiger partial charge in [0.2, 0.25) is 5.91 Å². The number of amides is 2. The summed E-state index contributed by atoms with van der Waals surface area (Å²) in [5.74, 6) is 0.127. The molecule has 1 N–H and O–H groups in total. The molecule has 0 spiro atoms. The van der Waals surface area contributed by atoms with Crippen LogP contribution in [0.3, 0.4) is 0 Å². The van der Waals surface area contributed by atoms with Crippen LogP contribution in [0, 0.1) is 6.92 Å². The van der Waals surface area contributed by atoms with Gasteiger partial charge >= 0.3 is 0 Å². The van der Waals surface area contributed by atoms with Crippen molar-refractivity contribution in [2.24, 2.45) is 0 Å². The number of nitrogens with zero attached hydrogens (tertiary/aromatic N) is 1. The van der Waals surface area contributed by atoms with E-state index in [0.29, 0.717) is 22.2 Å². The summed E-state index contributed by atoms with van der Waals surface area (Å²) in [6.07, 6.45) is 0.468. The number of halogens is 2. The van der Waals surface area contributed by atoms with Gasteiger partial charge in [0.1, 0.15) is 11.8 Å². The van der Waals surface area contributed by atoms with E-state index >= 15 is 0 Å². The van der Waals surface area contributed by atoms with Gasteiger partial charge in [-0.05, 0) is 62.6 Å². The van der Waals surface area contributed by atoms with Crippen LogP contribution < -0.4 is 10.1 Å². The number of nitrogens with one attached hydrogen (secondary N) is 1. The summed E-state index contributed by atoms with van der Waals surface area (Å²) >= 11 is 12.1. The molecule has 0 fully saturated rings. The van der Waals surface area contributed by atoms with Gasteiger partial charge in [0, 0.05) is 12.6 Å². The van der Waals surface area contributed by atoms with Crippen LogP contribution in [0.1, 0.15) is 38.3 Å². The van der Waals surface area contributed by atoms with Crippen molar-refractivity contribution >= 4 is 35.0 Å². The molecule has 0 unspecified atom stereocenters. The van der Waals surface area contributed by atoms with Gasteiger partial charge in [-0.15, -0.1) is 0 Å². The van der Waals surface area contributed by atoms with Gasteiger partial charge in [0.25, 0.3) is 5.91 Å². The topological polar surface area (TPSA) is 58.6 Å². The van der Waals surface area contributed by atoms with E-state index in [9.17, 15) is 9.59 Å². The molecule has 2 aromatic carbocycles. The van der Waals surface area contributed by atoms with Crippen molar-refractivity contribution in [2.45, 2.75) is 52.7 Å². The van der Waals surface area contributed by atoms with Crippen molar-refractivity contribution in [1.82, 2.24) is 10.2 Å². The Labute approximate surface area is 188 Å². The summed E-state index contributed by atoms with van der Waals surface area (Å²) in [5.41, 5.74) is 1.82. The molecule has 5 nitrogen and oxygen atoms in total. The number of hydrogen-bond donors (Lipinski definition) is 1. The van der Waals surface area contributed by atoms with E-state index in [1.165, 1.54) is 4.90 Å². The molecule has 0 heterocycles. The lowest BCUT2D eigenvalue weighted by Gasteiger charge is -2.31. The normalized spacial score (nSPS) is 11.8. The molecule has 162 valence electrons. The van der Waals surface area contributed by atoms with Crippen LogP contribution in [-0.2, 0) is 16.1 Å². The summed E-state index contributed by atoms with van der Waals surface area (Å²) in [6, 6.07) is 12.0. The Bertz CT molecular complexity index is 887. The quantitative estimate of drug-likeness (QED) is 0.583. The van der Waals surface area contributed by atoms with E-state index < -0.39 is 6.04 Å². The number of carbonyl (C=O) groups excluding carboxylic acids is 2. The molecule has 2 amide bonds. The Morgan fingerprint density at radius 1 is 1.10 bits per heavy atom. The fourth-order valence-electron chi connectivity index (χ4n) is 3.07. The zero-order chi connectivity index (χ0) is 22.3. The first-order chi connectivity index (χ1) is 14.2. The van der Waals surface area contributed by atoms with E-state index in [1.54, 1.807) is 24.3 Å². The van der Waals surface area contributed by atoms with Gasteiger partial charge in [0.15, 0.2) is 6.61 Å². The van der Waals surface area contributed by atoms with Gasteiger partial charge in [0.05, 0.1) is 10.0 Å². The van der Waals surface area contributed by atoms with Crippen molar-refractivity contribution < 1.29 is 14.3 Å². The zero-order valence-electron chi connectivity index (χ0n) is 17.7. The first kappa shape index (κ1) is 24.0. The maximum Gasteiger partial charge on any atom is 0.261 e. The lowest BCUT2D eigenvalue weighted by molar-refractivity contribution is -0.143. The highest BCUT2D eigenvalue weighted by Gasteiger charge is 2.29. The van der Waals surface area contributed by atoms with Crippen LogP contribution in [0.4, 0.5) is 0 Å². The number of rotatable bonds is 9. The van der Waals surface area contributed by atoms with Crippen molar-refractivity contribution in [3.63, 3.8) is 0 Å². The van der Waals surface area contributed by atoms with Crippen molar-refractivity contribution in [2.75, 3.05) is 6.61 Å². The molecule has 0 bridgehead atoms. The number of hydrogen-bond acceptors (Lipinski definition) is 3. The Hall–Kier alpha value is -2.24. The van der Waals surface area contributed by atoms with E-state index in [0.717, 1.165) is 11.1 Å². The molecule has 0 aliphatic heterocycles. The number of aryl methyl sites for hydroxylation is 1. The Balaban J connectivity index is 2.24. The fraction of sp³-hybridized carbons (Fsp3) is 0.391. The molecule has 2 aromatic rings. The summed E-state index contributed by atoms with van der Waals surface area (Å²) in [5, 5.41) is 3.73. The van der Waals surface area contributed by atoms with Crippen molar-refractivity contribution in [3.8, 4) is 5.75 Å². The largest absolute Gasteiger partial charge is 0.484 e. The van der Waals surface area contributed by atoms with Gasteiger partial charge in [-0.2, -0.15) is 0 Å². The third kappa shape index (κ3) is 6.92. The Morgan fingerprint density at radius 3 is 2.43 bits per heavy atom. The van der Waals surface area contributed by atoms with Gasteiger partial charge in [-0.25, -0.2) is 0 Å². The summed E-state index contributed by atoms with van der Waals surface area (Å²) < 4.78 is 5.70. The minimum Gasteiger partial charge on any atom is -0.484 e.